The number of methoxy groups -OCH3 is 1. The van der Waals surface area contributed by atoms with Crippen molar-refractivity contribution >= 4 is 17.5 Å². The molecule has 0 spiro atoms. The molecule has 126 valence electrons. The Hall–Kier alpha value is -1.24. The maximum Gasteiger partial charge on any atom is 0.270 e. The second kappa shape index (κ2) is 7.55. The average molecular weight is 340 g/mol. The van der Waals surface area contributed by atoms with Gasteiger partial charge in [0.25, 0.3) is 5.91 Å². The molecule has 0 aliphatic heterocycles. The molecule has 6 nitrogen and oxygen atoms in total. The molecule has 1 aromatic rings. The first-order valence-electron chi connectivity index (χ1n) is 8.06. The second-order valence-corrected chi connectivity index (χ2v) is 6.73. The Morgan fingerprint density at radius 1 is 1.35 bits per heavy atom. The minimum atomic E-state index is -0.249. The van der Waals surface area contributed by atoms with Gasteiger partial charge in [0, 0.05) is 19.7 Å². The summed E-state index contributed by atoms with van der Waals surface area (Å²) in [6.45, 7) is 0. The first-order chi connectivity index (χ1) is 11.2. The fourth-order valence-corrected chi connectivity index (χ4v) is 3.48. The molecule has 3 rings (SSSR count). The number of carbonyl (C=O) groups excluding carboxylic acids is 1. The van der Waals surface area contributed by atoms with Crippen molar-refractivity contribution in [3.8, 4) is 0 Å². The first kappa shape index (κ1) is 16.6. The minimum Gasteiger partial charge on any atom is -0.381 e. The lowest BCUT2D eigenvalue weighted by Crippen LogP contribution is -2.56. The van der Waals surface area contributed by atoms with Crippen LogP contribution in [-0.2, 0) is 9.47 Å². The third kappa shape index (κ3) is 4.00. The van der Waals surface area contributed by atoms with Crippen molar-refractivity contribution in [1.29, 1.82) is 0 Å². The highest BCUT2D eigenvalue weighted by Gasteiger charge is 2.40. The van der Waals surface area contributed by atoms with Gasteiger partial charge in [0.15, 0.2) is 0 Å². The zero-order valence-electron chi connectivity index (χ0n) is 13.2. The van der Waals surface area contributed by atoms with Gasteiger partial charge in [0.2, 0.25) is 0 Å². The SMILES string of the molecule is CO[C@H]1C[C@@H](Cl)[C@H](NC(=O)c2ccncn2)[C@H](OC2CCC2)C1. The van der Waals surface area contributed by atoms with Gasteiger partial charge >= 0.3 is 0 Å². The Balaban J connectivity index is 1.69. The van der Waals surface area contributed by atoms with E-state index >= 15 is 0 Å². The van der Waals surface area contributed by atoms with Crippen LogP contribution in [0.15, 0.2) is 18.6 Å². The molecule has 2 aliphatic carbocycles. The zero-order valence-corrected chi connectivity index (χ0v) is 13.9. The molecule has 4 atom stereocenters. The van der Waals surface area contributed by atoms with Crippen LogP contribution in [0.1, 0.15) is 42.6 Å². The van der Waals surface area contributed by atoms with Crippen LogP contribution in [0.3, 0.4) is 0 Å². The molecule has 0 bridgehead atoms. The number of rotatable bonds is 5. The van der Waals surface area contributed by atoms with E-state index < -0.39 is 0 Å². The van der Waals surface area contributed by atoms with Crippen LogP contribution in [0.25, 0.3) is 0 Å². The van der Waals surface area contributed by atoms with E-state index in [0.717, 1.165) is 19.3 Å². The van der Waals surface area contributed by atoms with Crippen LogP contribution < -0.4 is 5.32 Å². The fourth-order valence-electron chi connectivity index (χ4n) is 3.05. The number of nitrogens with one attached hydrogen (secondary N) is 1. The number of hydrogen-bond donors (Lipinski definition) is 1. The molecule has 0 radical (unpaired) electrons. The Labute approximate surface area is 140 Å². The molecule has 23 heavy (non-hydrogen) atoms. The Bertz CT molecular complexity index is 525. The second-order valence-electron chi connectivity index (χ2n) is 6.17. The van der Waals surface area contributed by atoms with Gasteiger partial charge in [0.1, 0.15) is 12.0 Å². The monoisotopic (exact) mass is 339 g/mol. The maximum atomic E-state index is 12.4. The first-order valence-corrected chi connectivity index (χ1v) is 8.50. The van der Waals surface area contributed by atoms with Gasteiger partial charge in [-0.3, -0.25) is 4.79 Å². The Kier molecular flexibility index (Phi) is 5.46. The third-order valence-corrected chi connectivity index (χ3v) is 5.09. The van der Waals surface area contributed by atoms with Crippen molar-refractivity contribution in [2.45, 2.75) is 61.8 Å². The lowest BCUT2D eigenvalue weighted by atomic mass is 9.88. The number of ether oxygens (including phenoxy) is 2. The van der Waals surface area contributed by atoms with Crippen LogP contribution in [0.4, 0.5) is 0 Å². The largest absolute Gasteiger partial charge is 0.381 e. The Morgan fingerprint density at radius 2 is 2.17 bits per heavy atom. The number of hydrogen-bond acceptors (Lipinski definition) is 5. The molecule has 7 heteroatoms. The molecule has 1 N–H and O–H groups in total. The standard InChI is InChI=1S/C16H22ClN3O3/c1-22-11-7-12(17)15(14(8-11)23-10-3-2-4-10)20-16(21)13-5-6-18-9-19-13/h5-6,9-12,14-15H,2-4,7-8H2,1H3,(H,20,21)/t11-,12+,14+,15-/m0/s1. The third-order valence-electron chi connectivity index (χ3n) is 4.64. The highest BCUT2D eigenvalue weighted by atomic mass is 35.5. The summed E-state index contributed by atoms with van der Waals surface area (Å²) in [7, 11) is 1.69. The average Bonchev–Trinajstić information content (AvgIpc) is 2.54. The van der Waals surface area contributed by atoms with E-state index in [1.807, 2.05) is 0 Å². The highest BCUT2D eigenvalue weighted by Crippen LogP contribution is 2.32. The predicted octanol–water partition coefficient (Wildman–Crippen LogP) is 1.93. The molecule has 2 aliphatic rings. The van der Waals surface area contributed by atoms with Crippen molar-refractivity contribution in [2.24, 2.45) is 0 Å². The van der Waals surface area contributed by atoms with Gasteiger partial charge in [0.05, 0.1) is 29.7 Å². The topological polar surface area (TPSA) is 73.3 Å². The van der Waals surface area contributed by atoms with Crippen LogP contribution in [0.2, 0.25) is 0 Å². The summed E-state index contributed by atoms with van der Waals surface area (Å²) >= 11 is 6.52. The van der Waals surface area contributed by atoms with E-state index in [2.05, 4.69) is 15.3 Å². The molecule has 0 aromatic carbocycles. The van der Waals surface area contributed by atoms with Gasteiger partial charge in [-0.2, -0.15) is 0 Å². The number of carbonyl (C=O) groups is 1. The number of nitrogens with zero attached hydrogens (tertiary/aromatic N) is 2. The summed E-state index contributed by atoms with van der Waals surface area (Å²) in [6, 6.07) is 1.34. The van der Waals surface area contributed by atoms with E-state index in [9.17, 15) is 4.79 Å². The van der Waals surface area contributed by atoms with E-state index in [-0.39, 0.29) is 35.6 Å². The van der Waals surface area contributed by atoms with E-state index in [1.54, 1.807) is 19.4 Å². The normalized spacial score (nSPS) is 31.4. The van der Waals surface area contributed by atoms with Gasteiger partial charge in [-0.1, -0.05) is 0 Å². The smallest absolute Gasteiger partial charge is 0.270 e. The van der Waals surface area contributed by atoms with Crippen LogP contribution in [-0.4, -0.2) is 52.7 Å². The number of alkyl halides is 1. The van der Waals surface area contributed by atoms with Gasteiger partial charge in [-0.25, -0.2) is 9.97 Å². The molecule has 0 saturated heterocycles. The van der Waals surface area contributed by atoms with E-state index in [0.29, 0.717) is 12.1 Å². The van der Waals surface area contributed by atoms with Crippen molar-refractivity contribution in [2.75, 3.05) is 7.11 Å². The van der Waals surface area contributed by atoms with Crippen LogP contribution in [0, 0.1) is 0 Å². The molecule has 1 amide bonds. The summed E-state index contributed by atoms with van der Waals surface area (Å²) in [5.41, 5.74) is 0.333. The van der Waals surface area contributed by atoms with Gasteiger partial charge in [-0.05, 0) is 31.7 Å². The van der Waals surface area contributed by atoms with E-state index in [1.165, 1.54) is 12.7 Å². The molecule has 1 heterocycles. The number of halogens is 1. The van der Waals surface area contributed by atoms with Crippen molar-refractivity contribution < 1.29 is 14.3 Å². The molecule has 0 unspecified atom stereocenters. The van der Waals surface area contributed by atoms with E-state index in [4.69, 9.17) is 21.1 Å². The molecule has 2 saturated carbocycles. The zero-order chi connectivity index (χ0) is 16.2. The number of aromatic nitrogens is 2. The van der Waals surface area contributed by atoms with Gasteiger partial charge < -0.3 is 14.8 Å². The summed E-state index contributed by atoms with van der Waals surface area (Å²) in [6.07, 6.45) is 7.90. The van der Waals surface area contributed by atoms with Crippen molar-refractivity contribution in [1.82, 2.24) is 15.3 Å². The number of amides is 1. The van der Waals surface area contributed by atoms with Crippen LogP contribution >= 0.6 is 11.6 Å². The Morgan fingerprint density at radius 3 is 2.78 bits per heavy atom. The molecule has 1 aromatic heterocycles. The lowest BCUT2D eigenvalue weighted by molar-refractivity contribution is -0.0999. The summed E-state index contributed by atoms with van der Waals surface area (Å²) < 4.78 is 11.6. The summed E-state index contributed by atoms with van der Waals surface area (Å²) in [5, 5.41) is 2.76. The molecular weight excluding hydrogens is 318 g/mol. The summed E-state index contributed by atoms with van der Waals surface area (Å²) in [4.78, 5) is 20.2. The lowest BCUT2D eigenvalue weighted by Gasteiger charge is -2.42. The van der Waals surface area contributed by atoms with Crippen LogP contribution in [0.5, 0.6) is 0 Å². The van der Waals surface area contributed by atoms with Crippen molar-refractivity contribution in [3.63, 3.8) is 0 Å². The van der Waals surface area contributed by atoms with Crippen molar-refractivity contribution in [3.05, 3.63) is 24.3 Å². The summed E-state index contributed by atoms with van der Waals surface area (Å²) in [5.74, 6) is -0.249. The minimum absolute atomic E-state index is 0.0646. The van der Waals surface area contributed by atoms with Gasteiger partial charge in [-0.15, -0.1) is 11.6 Å². The molecular formula is C16H22ClN3O3. The molecule has 2 fully saturated rings. The fraction of sp³-hybridized carbons (Fsp3) is 0.688. The highest BCUT2D eigenvalue weighted by molar-refractivity contribution is 6.21. The maximum absolute atomic E-state index is 12.4. The predicted molar refractivity (Wildman–Crippen MR) is 85.5 cm³/mol. The quantitative estimate of drug-likeness (QED) is 0.830.